The Labute approximate surface area is 133 Å². The van der Waals surface area contributed by atoms with Crippen LogP contribution in [0, 0.1) is 0 Å². The van der Waals surface area contributed by atoms with Gasteiger partial charge in [0.2, 0.25) is 0 Å². The van der Waals surface area contributed by atoms with Crippen LogP contribution in [0.3, 0.4) is 0 Å². The number of benzene rings is 2. The Morgan fingerprint density at radius 3 is 2.43 bits per heavy atom. The van der Waals surface area contributed by atoms with Crippen LogP contribution in [-0.2, 0) is 6.42 Å². The van der Waals surface area contributed by atoms with Crippen LogP contribution in [0.1, 0.15) is 29.8 Å². The molecule has 2 aromatic carbocycles. The Bertz CT molecular complexity index is 950. The molecule has 0 bridgehead atoms. The highest BCUT2D eigenvalue weighted by atomic mass is 16.4. The fourth-order valence-corrected chi connectivity index (χ4v) is 2.72. The first-order chi connectivity index (χ1) is 11.0. The molecule has 23 heavy (non-hydrogen) atoms. The summed E-state index contributed by atoms with van der Waals surface area (Å²) in [6, 6.07) is 12.4. The van der Waals surface area contributed by atoms with E-state index in [1.54, 1.807) is 6.07 Å². The minimum Gasteiger partial charge on any atom is -0.507 e. The highest BCUT2D eigenvalue weighted by molar-refractivity contribution is 6.09. The highest BCUT2D eigenvalue weighted by Crippen LogP contribution is 2.33. The fraction of sp³-hybridized carbons (Fsp3) is 0.158. The molecule has 3 rings (SSSR count). The largest absolute Gasteiger partial charge is 0.507 e. The molecule has 116 valence electrons. The van der Waals surface area contributed by atoms with E-state index in [-0.39, 0.29) is 22.7 Å². The van der Waals surface area contributed by atoms with Crippen LogP contribution in [-0.4, -0.2) is 10.9 Å². The number of fused-ring (bicyclic) bond motifs is 1. The number of phenolic OH excluding ortho intramolecular Hbond substituents is 1. The Morgan fingerprint density at radius 1 is 1.13 bits per heavy atom. The van der Waals surface area contributed by atoms with Gasteiger partial charge in [0, 0.05) is 11.5 Å². The van der Waals surface area contributed by atoms with Gasteiger partial charge in [0.15, 0.2) is 11.4 Å². The van der Waals surface area contributed by atoms with Gasteiger partial charge in [-0.1, -0.05) is 31.2 Å². The molecule has 0 unspecified atom stereocenters. The van der Waals surface area contributed by atoms with Crippen molar-refractivity contribution in [2.75, 3.05) is 0 Å². The summed E-state index contributed by atoms with van der Waals surface area (Å²) in [5, 5.41) is 10.5. The molecule has 0 radical (unpaired) electrons. The third kappa shape index (κ3) is 2.63. The second kappa shape index (κ2) is 5.72. The number of aromatic hydroxyl groups is 1. The quantitative estimate of drug-likeness (QED) is 0.588. The first-order valence-electron chi connectivity index (χ1n) is 7.41. The van der Waals surface area contributed by atoms with E-state index >= 15 is 0 Å². The molecule has 0 amide bonds. The van der Waals surface area contributed by atoms with Crippen molar-refractivity contribution in [2.45, 2.75) is 20.3 Å². The van der Waals surface area contributed by atoms with Gasteiger partial charge in [-0.3, -0.25) is 4.79 Å². The van der Waals surface area contributed by atoms with Gasteiger partial charge in [0.25, 0.3) is 0 Å². The molecule has 4 heteroatoms. The lowest BCUT2D eigenvalue weighted by Gasteiger charge is -2.09. The predicted molar refractivity (Wildman–Crippen MR) is 89.0 cm³/mol. The van der Waals surface area contributed by atoms with E-state index in [9.17, 15) is 14.7 Å². The van der Waals surface area contributed by atoms with E-state index < -0.39 is 5.63 Å². The summed E-state index contributed by atoms with van der Waals surface area (Å²) >= 11 is 0. The Kier molecular flexibility index (Phi) is 3.74. The number of carbonyl (C=O) groups is 1. The van der Waals surface area contributed by atoms with Crippen LogP contribution in [0.4, 0.5) is 0 Å². The lowest BCUT2D eigenvalue weighted by Crippen LogP contribution is -2.02. The van der Waals surface area contributed by atoms with Crippen LogP contribution in [0.2, 0.25) is 0 Å². The molecular formula is C19H16O4. The van der Waals surface area contributed by atoms with Gasteiger partial charge < -0.3 is 9.52 Å². The molecule has 1 aromatic heterocycles. The molecular weight excluding hydrogens is 292 g/mol. The number of hydrogen-bond acceptors (Lipinski definition) is 4. The third-order valence-corrected chi connectivity index (χ3v) is 3.92. The van der Waals surface area contributed by atoms with Crippen molar-refractivity contribution in [3.05, 3.63) is 64.0 Å². The van der Waals surface area contributed by atoms with Crippen molar-refractivity contribution in [3.63, 3.8) is 0 Å². The zero-order valence-corrected chi connectivity index (χ0v) is 12.9. The molecule has 1 N–H and O–H groups in total. The molecule has 4 nitrogen and oxygen atoms in total. The average molecular weight is 308 g/mol. The number of phenols is 1. The number of ketones is 1. The van der Waals surface area contributed by atoms with Crippen molar-refractivity contribution in [2.24, 2.45) is 0 Å². The topological polar surface area (TPSA) is 67.5 Å². The van der Waals surface area contributed by atoms with E-state index in [0.29, 0.717) is 10.9 Å². The Balaban J connectivity index is 2.35. The first kappa shape index (κ1) is 15.0. The highest BCUT2D eigenvalue weighted by Gasteiger charge is 2.17. The maximum Gasteiger partial charge on any atom is 0.336 e. The maximum atomic E-state index is 11.9. The minimum absolute atomic E-state index is 0.0339. The third-order valence-electron chi connectivity index (χ3n) is 3.92. The molecule has 1 heterocycles. The van der Waals surface area contributed by atoms with E-state index in [1.165, 1.54) is 24.6 Å². The minimum atomic E-state index is -0.555. The molecule has 0 saturated carbocycles. The normalized spacial score (nSPS) is 10.9. The van der Waals surface area contributed by atoms with E-state index in [2.05, 4.69) is 6.92 Å². The van der Waals surface area contributed by atoms with Crippen LogP contribution in [0.15, 0.2) is 51.7 Å². The SMILES string of the molecule is CCc1ccc(-c2cc(=O)oc3c(C(C)=O)c(O)ccc23)cc1. The summed E-state index contributed by atoms with van der Waals surface area (Å²) in [6.07, 6.45) is 0.931. The van der Waals surface area contributed by atoms with Gasteiger partial charge >= 0.3 is 5.63 Å². The number of carbonyl (C=O) groups excluding carboxylic acids is 1. The number of rotatable bonds is 3. The smallest absolute Gasteiger partial charge is 0.336 e. The second-order valence-corrected chi connectivity index (χ2v) is 5.42. The van der Waals surface area contributed by atoms with Crippen LogP contribution in [0.25, 0.3) is 22.1 Å². The summed E-state index contributed by atoms with van der Waals surface area (Å²) in [5.74, 6) is -0.540. The van der Waals surface area contributed by atoms with Gasteiger partial charge in [-0.2, -0.15) is 0 Å². The van der Waals surface area contributed by atoms with Crippen molar-refractivity contribution < 1.29 is 14.3 Å². The average Bonchev–Trinajstić information content (AvgIpc) is 2.53. The zero-order chi connectivity index (χ0) is 16.6. The van der Waals surface area contributed by atoms with E-state index in [4.69, 9.17) is 4.42 Å². The van der Waals surface area contributed by atoms with E-state index in [1.807, 2.05) is 24.3 Å². The standard InChI is InChI=1S/C19H16O4/c1-3-12-4-6-13(7-5-12)15-10-17(22)23-19-14(15)8-9-16(21)18(19)11(2)20/h4-10,21H,3H2,1-2H3. The zero-order valence-electron chi connectivity index (χ0n) is 12.9. The summed E-state index contributed by atoms with van der Waals surface area (Å²) in [6.45, 7) is 3.40. The summed E-state index contributed by atoms with van der Waals surface area (Å²) in [5.41, 5.74) is 2.34. The van der Waals surface area contributed by atoms with Crippen molar-refractivity contribution in [1.29, 1.82) is 0 Å². The molecule has 0 aliphatic rings. The number of Topliss-reactive ketones (excluding diaryl/α,β-unsaturated/α-hetero) is 1. The predicted octanol–water partition coefficient (Wildman–Crippen LogP) is 3.93. The number of hydrogen-bond donors (Lipinski definition) is 1. The van der Waals surface area contributed by atoms with Crippen molar-refractivity contribution >= 4 is 16.8 Å². The van der Waals surface area contributed by atoms with Gasteiger partial charge in [-0.15, -0.1) is 0 Å². The van der Waals surface area contributed by atoms with Crippen LogP contribution in [0.5, 0.6) is 5.75 Å². The lowest BCUT2D eigenvalue weighted by atomic mass is 9.97. The van der Waals surface area contributed by atoms with Gasteiger partial charge in [-0.05, 0) is 42.2 Å². The monoisotopic (exact) mass is 308 g/mol. The molecule has 0 saturated heterocycles. The van der Waals surface area contributed by atoms with Crippen molar-refractivity contribution in [3.8, 4) is 16.9 Å². The molecule has 0 aliphatic carbocycles. The Morgan fingerprint density at radius 2 is 1.83 bits per heavy atom. The van der Waals surface area contributed by atoms with Gasteiger partial charge in [0.1, 0.15) is 11.3 Å². The van der Waals surface area contributed by atoms with Crippen molar-refractivity contribution in [1.82, 2.24) is 0 Å². The van der Waals surface area contributed by atoms with Gasteiger partial charge in [-0.25, -0.2) is 4.79 Å². The van der Waals surface area contributed by atoms with Gasteiger partial charge in [0.05, 0.1) is 0 Å². The summed E-state index contributed by atoms with van der Waals surface area (Å²) < 4.78 is 5.21. The number of aryl methyl sites for hydroxylation is 1. The molecule has 0 spiro atoms. The fourth-order valence-electron chi connectivity index (χ4n) is 2.72. The van der Waals surface area contributed by atoms with Crippen LogP contribution < -0.4 is 5.63 Å². The molecule has 0 aliphatic heterocycles. The summed E-state index contributed by atoms with van der Waals surface area (Å²) in [7, 11) is 0. The van der Waals surface area contributed by atoms with E-state index in [0.717, 1.165) is 12.0 Å². The Hall–Kier alpha value is -2.88. The lowest BCUT2D eigenvalue weighted by molar-refractivity contribution is 0.101. The summed E-state index contributed by atoms with van der Waals surface area (Å²) in [4.78, 5) is 23.7. The maximum absolute atomic E-state index is 11.9. The molecule has 0 atom stereocenters. The molecule has 0 fully saturated rings. The first-order valence-corrected chi connectivity index (χ1v) is 7.41. The molecule has 3 aromatic rings. The van der Waals surface area contributed by atoms with Crippen LogP contribution >= 0.6 is 0 Å². The second-order valence-electron chi connectivity index (χ2n) is 5.42.